The Bertz CT molecular complexity index is 720. The van der Waals surface area contributed by atoms with E-state index in [2.05, 4.69) is 10.6 Å². The van der Waals surface area contributed by atoms with Crippen LogP contribution in [0.4, 0.5) is 4.39 Å². The van der Waals surface area contributed by atoms with Crippen LogP contribution >= 0.6 is 0 Å². The molecule has 1 aliphatic rings. The first kappa shape index (κ1) is 22.5. The Labute approximate surface area is 169 Å². The summed E-state index contributed by atoms with van der Waals surface area (Å²) in [7, 11) is 0. The Morgan fingerprint density at radius 3 is 2.55 bits per heavy atom. The molecule has 1 heterocycles. The summed E-state index contributed by atoms with van der Waals surface area (Å²) in [6.07, 6.45) is 4.80. The molecule has 1 aromatic rings. The third-order valence-electron chi connectivity index (χ3n) is 4.62. The van der Waals surface area contributed by atoms with E-state index < -0.39 is 11.8 Å². The van der Waals surface area contributed by atoms with Crippen molar-refractivity contribution in [3.05, 3.63) is 47.8 Å². The molecular weight excluding hydrogens is 379 g/mol. The average Bonchev–Trinajstić information content (AvgIpc) is 2.71. The number of carbonyl (C=O) groups is 3. The van der Waals surface area contributed by atoms with Crippen molar-refractivity contribution < 1.29 is 28.6 Å². The number of aliphatic hydroxyl groups excluding tert-OH is 1. The zero-order chi connectivity index (χ0) is 21.1. The highest BCUT2D eigenvalue weighted by molar-refractivity contribution is 5.86. The molecule has 0 aromatic heterocycles. The zero-order valence-electron chi connectivity index (χ0n) is 16.2. The van der Waals surface area contributed by atoms with Gasteiger partial charge in [0.05, 0.1) is 25.0 Å². The normalized spacial score (nSPS) is 21.9. The molecule has 158 valence electrons. The molecule has 1 aromatic carbocycles. The maximum atomic E-state index is 13.1. The number of nitrogens with one attached hydrogen (secondary N) is 2. The van der Waals surface area contributed by atoms with E-state index in [1.807, 2.05) is 6.08 Å². The largest absolute Gasteiger partial charge is 0.464 e. The van der Waals surface area contributed by atoms with Gasteiger partial charge in [-0.15, -0.1) is 0 Å². The number of allylic oxidation sites excluding steroid dienone is 2. The molecule has 1 aliphatic heterocycles. The van der Waals surface area contributed by atoms with Crippen LogP contribution in [-0.2, 0) is 25.5 Å². The maximum Gasteiger partial charge on any atom is 0.309 e. The van der Waals surface area contributed by atoms with Crippen molar-refractivity contribution in [2.45, 2.75) is 25.7 Å². The summed E-state index contributed by atoms with van der Waals surface area (Å²) in [5.41, 5.74) is 0.834. The minimum atomic E-state index is -0.546. The third-order valence-corrected chi connectivity index (χ3v) is 4.62. The quantitative estimate of drug-likeness (QED) is 0.485. The number of rotatable bonds is 6. The van der Waals surface area contributed by atoms with Crippen LogP contribution in [0.5, 0.6) is 0 Å². The Morgan fingerprint density at radius 1 is 1.17 bits per heavy atom. The van der Waals surface area contributed by atoms with Crippen molar-refractivity contribution in [1.82, 2.24) is 10.6 Å². The van der Waals surface area contributed by atoms with E-state index in [1.165, 1.54) is 12.1 Å². The number of amides is 2. The molecule has 0 bridgehead atoms. The van der Waals surface area contributed by atoms with Crippen LogP contribution in [0, 0.1) is 17.7 Å². The number of aliphatic hydroxyl groups is 1. The fourth-order valence-electron chi connectivity index (χ4n) is 3.05. The molecule has 0 saturated heterocycles. The second-order valence-corrected chi connectivity index (χ2v) is 6.90. The fourth-order valence-corrected chi connectivity index (χ4v) is 3.05. The van der Waals surface area contributed by atoms with Gasteiger partial charge in [-0.05, 0) is 37.0 Å². The molecule has 29 heavy (non-hydrogen) atoms. The van der Waals surface area contributed by atoms with Crippen molar-refractivity contribution in [2.75, 3.05) is 26.3 Å². The molecular formula is C21H27FN2O5. The fraction of sp³-hybridized carbons (Fsp3) is 0.476. The molecule has 8 heteroatoms. The van der Waals surface area contributed by atoms with Crippen molar-refractivity contribution in [3.8, 4) is 0 Å². The van der Waals surface area contributed by atoms with Gasteiger partial charge in [-0.25, -0.2) is 4.39 Å². The van der Waals surface area contributed by atoms with Crippen molar-refractivity contribution in [2.24, 2.45) is 11.8 Å². The van der Waals surface area contributed by atoms with Crippen molar-refractivity contribution in [3.63, 3.8) is 0 Å². The lowest BCUT2D eigenvalue weighted by Gasteiger charge is -2.18. The minimum Gasteiger partial charge on any atom is -0.464 e. The molecule has 7 nitrogen and oxygen atoms in total. The first-order chi connectivity index (χ1) is 14.0. The first-order valence-corrected chi connectivity index (χ1v) is 9.71. The zero-order valence-corrected chi connectivity index (χ0v) is 16.2. The van der Waals surface area contributed by atoms with E-state index in [-0.39, 0.29) is 56.3 Å². The summed E-state index contributed by atoms with van der Waals surface area (Å²) in [6, 6.07) is 6.00. The highest BCUT2D eigenvalue weighted by Gasteiger charge is 2.23. The average molecular weight is 406 g/mol. The number of benzene rings is 1. The van der Waals surface area contributed by atoms with E-state index in [1.54, 1.807) is 18.2 Å². The van der Waals surface area contributed by atoms with Gasteiger partial charge in [0.15, 0.2) is 0 Å². The maximum absolute atomic E-state index is 13.1. The van der Waals surface area contributed by atoms with E-state index in [0.29, 0.717) is 19.3 Å². The lowest BCUT2D eigenvalue weighted by molar-refractivity contribution is -0.148. The molecule has 2 atom stereocenters. The number of carbonyl (C=O) groups excluding carboxylic acids is 3. The standard InChI is InChI=1S/C21H27FN2O5/c22-18-7-5-15(6-8-18)13-17-4-2-1-3-16(14-19(26)23-9-11-25)20(27)24-10-12-29-21(17)28/h1-2,5-8,16-17,25H,3-4,9-14H2,(H,23,26)(H,24,27)/b2-1-/t16-,17+/m0/s1. The van der Waals surface area contributed by atoms with Gasteiger partial charge < -0.3 is 20.5 Å². The summed E-state index contributed by atoms with van der Waals surface area (Å²) in [5.74, 6) is -2.25. The first-order valence-electron chi connectivity index (χ1n) is 9.71. The van der Waals surface area contributed by atoms with Crippen LogP contribution < -0.4 is 10.6 Å². The number of cyclic esters (lactones) is 1. The molecule has 0 unspecified atom stereocenters. The Morgan fingerprint density at radius 2 is 1.86 bits per heavy atom. The Balaban J connectivity index is 2.02. The second kappa shape index (κ2) is 12.0. The van der Waals surface area contributed by atoms with E-state index in [9.17, 15) is 18.8 Å². The van der Waals surface area contributed by atoms with E-state index in [0.717, 1.165) is 5.56 Å². The van der Waals surface area contributed by atoms with Crippen LogP contribution in [-0.4, -0.2) is 49.2 Å². The highest BCUT2D eigenvalue weighted by Crippen LogP contribution is 2.18. The minimum absolute atomic E-state index is 0.00890. The lowest BCUT2D eigenvalue weighted by Crippen LogP contribution is -2.37. The van der Waals surface area contributed by atoms with Gasteiger partial charge in [0.1, 0.15) is 12.4 Å². The van der Waals surface area contributed by atoms with Crippen molar-refractivity contribution >= 4 is 17.8 Å². The predicted molar refractivity (Wildman–Crippen MR) is 104 cm³/mol. The van der Waals surface area contributed by atoms with Crippen molar-refractivity contribution in [1.29, 1.82) is 0 Å². The molecule has 2 rings (SSSR count). The van der Waals surface area contributed by atoms with Crippen LogP contribution in [0.3, 0.4) is 0 Å². The number of esters is 1. The summed E-state index contributed by atoms with van der Waals surface area (Å²) < 4.78 is 18.4. The highest BCUT2D eigenvalue weighted by atomic mass is 19.1. The molecule has 0 saturated carbocycles. The Hall–Kier alpha value is -2.74. The van der Waals surface area contributed by atoms with Crippen LogP contribution in [0.15, 0.2) is 36.4 Å². The van der Waals surface area contributed by atoms with Crippen LogP contribution in [0.2, 0.25) is 0 Å². The topological polar surface area (TPSA) is 105 Å². The predicted octanol–water partition coefficient (Wildman–Crippen LogP) is 1.11. The van der Waals surface area contributed by atoms with Crippen LogP contribution in [0.25, 0.3) is 0 Å². The van der Waals surface area contributed by atoms with Gasteiger partial charge in [-0.1, -0.05) is 24.3 Å². The molecule has 0 radical (unpaired) electrons. The lowest BCUT2D eigenvalue weighted by atomic mass is 9.94. The number of halogens is 1. The summed E-state index contributed by atoms with van der Waals surface area (Å²) in [4.78, 5) is 36.6. The molecule has 0 fully saturated rings. The van der Waals surface area contributed by atoms with Gasteiger partial charge in [0, 0.05) is 13.0 Å². The molecule has 0 aliphatic carbocycles. The van der Waals surface area contributed by atoms with E-state index >= 15 is 0 Å². The number of hydrogen-bond donors (Lipinski definition) is 3. The van der Waals surface area contributed by atoms with Gasteiger partial charge >= 0.3 is 5.97 Å². The second-order valence-electron chi connectivity index (χ2n) is 6.90. The summed E-state index contributed by atoms with van der Waals surface area (Å²) >= 11 is 0. The number of hydrogen-bond acceptors (Lipinski definition) is 5. The van der Waals surface area contributed by atoms with Crippen LogP contribution in [0.1, 0.15) is 24.8 Å². The van der Waals surface area contributed by atoms with E-state index in [4.69, 9.17) is 9.84 Å². The Kier molecular flexibility index (Phi) is 9.30. The third kappa shape index (κ3) is 8.03. The monoisotopic (exact) mass is 406 g/mol. The van der Waals surface area contributed by atoms with Gasteiger partial charge in [0.2, 0.25) is 11.8 Å². The molecule has 3 N–H and O–H groups in total. The SMILES string of the molecule is O=C(C[C@@H]1C/C=C\C[C@H](Cc2ccc(F)cc2)C(=O)OCCNC1=O)NCCO. The smallest absolute Gasteiger partial charge is 0.309 e. The van der Waals surface area contributed by atoms with Gasteiger partial charge in [-0.3, -0.25) is 14.4 Å². The summed E-state index contributed by atoms with van der Waals surface area (Å²) in [6.45, 7) is 0.178. The molecule has 0 spiro atoms. The molecule has 2 amide bonds. The number of ether oxygens (including phenoxy) is 1. The van der Waals surface area contributed by atoms with Gasteiger partial charge in [0.25, 0.3) is 0 Å². The van der Waals surface area contributed by atoms with Gasteiger partial charge in [-0.2, -0.15) is 0 Å². The summed E-state index contributed by atoms with van der Waals surface area (Å²) in [5, 5.41) is 14.0.